The topological polar surface area (TPSA) is 26.3 Å². The first-order chi connectivity index (χ1) is 6.99. The van der Waals surface area contributed by atoms with E-state index in [-0.39, 0.29) is 17.9 Å². The lowest BCUT2D eigenvalue weighted by atomic mass is 10.1. The van der Waals surface area contributed by atoms with Gasteiger partial charge in [-0.3, -0.25) is 4.79 Å². The molecule has 0 aliphatic carbocycles. The Morgan fingerprint density at radius 1 is 1.40 bits per heavy atom. The van der Waals surface area contributed by atoms with Crippen LogP contribution in [0, 0.1) is 0 Å². The number of alkyl halides is 3. The van der Waals surface area contributed by atoms with Crippen LogP contribution in [0.3, 0.4) is 0 Å². The molecule has 5 heteroatoms. The molecule has 1 rings (SSSR count). The standard InChI is InChI=1S/C10H9F3O2/c1-2-15-9-5-8(10(11,12)13)4-3-7(9)6-14/h3-6H,2H2,1H3. The number of hydrogen-bond donors (Lipinski definition) is 0. The van der Waals surface area contributed by atoms with E-state index in [0.29, 0.717) is 6.29 Å². The lowest BCUT2D eigenvalue weighted by molar-refractivity contribution is -0.137. The van der Waals surface area contributed by atoms with Gasteiger partial charge in [-0.05, 0) is 25.1 Å². The maximum absolute atomic E-state index is 12.3. The number of carbonyl (C=O) groups is 1. The van der Waals surface area contributed by atoms with Crippen molar-refractivity contribution in [2.24, 2.45) is 0 Å². The minimum atomic E-state index is -4.42. The molecule has 0 N–H and O–H groups in total. The molecule has 82 valence electrons. The van der Waals surface area contributed by atoms with Crippen LogP contribution in [-0.2, 0) is 6.18 Å². The molecule has 0 saturated heterocycles. The van der Waals surface area contributed by atoms with Crippen LogP contribution in [0.25, 0.3) is 0 Å². The highest BCUT2D eigenvalue weighted by Gasteiger charge is 2.31. The molecule has 0 fully saturated rings. The molecule has 15 heavy (non-hydrogen) atoms. The van der Waals surface area contributed by atoms with Crippen LogP contribution in [-0.4, -0.2) is 12.9 Å². The molecular weight excluding hydrogens is 209 g/mol. The van der Waals surface area contributed by atoms with Crippen molar-refractivity contribution in [3.8, 4) is 5.75 Å². The zero-order chi connectivity index (χ0) is 11.5. The Bertz CT molecular complexity index is 358. The first-order valence-electron chi connectivity index (χ1n) is 4.28. The highest BCUT2D eigenvalue weighted by Crippen LogP contribution is 2.32. The Morgan fingerprint density at radius 3 is 2.53 bits per heavy atom. The SMILES string of the molecule is CCOc1cc(C(F)(F)F)ccc1C=O. The highest BCUT2D eigenvalue weighted by atomic mass is 19.4. The molecule has 0 aliphatic heterocycles. The molecule has 0 aromatic heterocycles. The van der Waals surface area contributed by atoms with Crippen LogP contribution in [0.1, 0.15) is 22.8 Å². The Hall–Kier alpha value is -1.52. The van der Waals surface area contributed by atoms with Gasteiger partial charge in [0.05, 0.1) is 17.7 Å². The number of aldehydes is 1. The molecule has 2 nitrogen and oxygen atoms in total. The molecule has 0 bridgehead atoms. The second-order valence-electron chi connectivity index (χ2n) is 2.80. The van der Waals surface area contributed by atoms with Gasteiger partial charge in [0, 0.05) is 0 Å². The van der Waals surface area contributed by atoms with Crippen molar-refractivity contribution in [2.45, 2.75) is 13.1 Å². The Balaban J connectivity index is 3.15. The fourth-order valence-electron chi connectivity index (χ4n) is 1.09. The largest absolute Gasteiger partial charge is 0.493 e. The van der Waals surface area contributed by atoms with Crippen molar-refractivity contribution >= 4 is 6.29 Å². The number of hydrogen-bond acceptors (Lipinski definition) is 2. The van der Waals surface area contributed by atoms with E-state index in [0.717, 1.165) is 18.2 Å². The van der Waals surface area contributed by atoms with E-state index in [1.54, 1.807) is 6.92 Å². The number of benzene rings is 1. The molecular formula is C10H9F3O2. The third kappa shape index (κ3) is 2.71. The lowest BCUT2D eigenvalue weighted by Crippen LogP contribution is -2.06. The molecule has 0 amide bonds. The summed E-state index contributed by atoms with van der Waals surface area (Å²) in [4.78, 5) is 10.5. The minimum absolute atomic E-state index is 0.0395. The van der Waals surface area contributed by atoms with Gasteiger partial charge in [-0.25, -0.2) is 0 Å². The third-order valence-corrected chi connectivity index (χ3v) is 1.77. The van der Waals surface area contributed by atoms with Gasteiger partial charge in [0.1, 0.15) is 5.75 Å². The summed E-state index contributed by atoms with van der Waals surface area (Å²) in [6.45, 7) is 1.84. The fourth-order valence-corrected chi connectivity index (χ4v) is 1.09. The second kappa shape index (κ2) is 4.33. The van der Waals surface area contributed by atoms with E-state index in [4.69, 9.17) is 4.74 Å². The quantitative estimate of drug-likeness (QED) is 0.729. The second-order valence-corrected chi connectivity index (χ2v) is 2.80. The van der Waals surface area contributed by atoms with Gasteiger partial charge in [0.25, 0.3) is 0 Å². The summed E-state index contributed by atoms with van der Waals surface area (Å²) in [5.41, 5.74) is -0.707. The third-order valence-electron chi connectivity index (χ3n) is 1.77. The van der Waals surface area contributed by atoms with Crippen molar-refractivity contribution in [2.75, 3.05) is 6.61 Å². The predicted molar refractivity (Wildman–Crippen MR) is 48.0 cm³/mol. The monoisotopic (exact) mass is 218 g/mol. The molecule has 0 aliphatic rings. The van der Waals surface area contributed by atoms with E-state index in [2.05, 4.69) is 0 Å². The first-order valence-corrected chi connectivity index (χ1v) is 4.28. The van der Waals surface area contributed by atoms with Gasteiger partial charge in [-0.15, -0.1) is 0 Å². The fraction of sp³-hybridized carbons (Fsp3) is 0.300. The van der Waals surface area contributed by atoms with E-state index in [9.17, 15) is 18.0 Å². The Morgan fingerprint density at radius 2 is 2.07 bits per heavy atom. The smallest absolute Gasteiger partial charge is 0.416 e. The zero-order valence-corrected chi connectivity index (χ0v) is 7.97. The van der Waals surface area contributed by atoms with Crippen LogP contribution in [0.4, 0.5) is 13.2 Å². The van der Waals surface area contributed by atoms with Gasteiger partial charge < -0.3 is 4.74 Å². The average Bonchev–Trinajstić information content (AvgIpc) is 2.17. The van der Waals surface area contributed by atoms with Crippen LogP contribution in [0.5, 0.6) is 5.75 Å². The van der Waals surface area contributed by atoms with Crippen molar-refractivity contribution in [3.05, 3.63) is 29.3 Å². The average molecular weight is 218 g/mol. The summed E-state index contributed by atoms with van der Waals surface area (Å²) in [6, 6.07) is 2.78. The molecule has 0 spiro atoms. The normalized spacial score (nSPS) is 11.2. The molecule has 0 saturated carbocycles. The molecule has 0 heterocycles. The Kier molecular flexibility index (Phi) is 3.34. The van der Waals surface area contributed by atoms with E-state index >= 15 is 0 Å². The van der Waals surface area contributed by atoms with E-state index in [1.807, 2.05) is 0 Å². The summed E-state index contributed by atoms with van der Waals surface area (Å²) in [7, 11) is 0. The van der Waals surface area contributed by atoms with Crippen molar-refractivity contribution in [3.63, 3.8) is 0 Å². The van der Waals surface area contributed by atoms with Crippen LogP contribution < -0.4 is 4.74 Å². The highest BCUT2D eigenvalue weighted by molar-refractivity contribution is 5.79. The summed E-state index contributed by atoms with van der Waals surface area (Å²) in [5.74, 6) is -0.0395. The van der Waals surface area contributed by atoms with E-state index < -0.39 is 11.7 Å². The van der Waals surface area contributed by atoms with Crippen LogP contribution in [0.15, 0.2) is 18.2 Å². The van der Waals surface area contributed by atoms with Gasteiger partial charge >= 0.3 is 6.18 Å². The van der Waals surface area contributed by atoms with Crippen LogP contribution in [0.2, 0.25) is 0 Å². The number of rotatable bonds is 3. The summed E-state index contributed by atoms with van der Waals surface area (Å²) in [5, 5.41) is 0. The molecule has 0 atom stereocenters. The molecule has 1 aromatic carbocycles. The molecule has 0 radical (unpaired) electrons. The number of ether oxygens (including phenoxy) is 1. The maximum atomic E-state index is 12.3. The van der Waals surface area contributed by atoms with Gasteiger partial charge in [0.15, 0.2) is 6.29 Å². The minimum Gasteiger partial charge on any atom is -0.493 e. The summed E-state index contributed by atoms with van der Waals surface area (Å²) in [6.07, 6.45) is -3.96. The molecule has 0 unspecified atom stereocenters. The summed E-state index contributed by atoms with van der Waals surface area (Å²) < 4.78 is 41.8. The Labute approximate surface area is 84.7 Å². The maximum Gasteiger partial charge on any atom is 0.416 e. The van der Waals surface area contributed by atoms with Crippen LogP contribution >= 0.6 is 0 Å². The van der Waals surface area contributed by atoms with E-state index in [1.165, 1.54) is 0 Å². The zero-order valence-electron chi connectivity index (χ0n) is 7.97. The summed E-state index contributed by atoms with van der Waals surface area (Å²) >= 11 is 0. The number of carbonyl (C=O) groups excluding carboxylic acids is 1. The lowest BCUT2D eigenvalue weighted by Gasteiger charge is -2.10. The predicted octanol–water partition coefficient (Wildman–Crippen LogP) is 2.92. The van der Waals surface area contributed by atoms with Crippen molar-refractivity contribution < 1.29 is 22.7 Å². The van der Waals surface area contributed by atoms with Gasteiger partial charge in [-0.1, -0.05) is 0 Å². The molecule has 1 aromatic rings. The van der Waals surface area contributed by atoms with Gasteiger partial charge in [0.2, 0.25) is 0 Å². The van der Waals surface area contributed by atoms with Crippen molar-refractivity contribution in [1.29, 1.82) is 0 Å². The van der Waals surface area contributed by atoms with Gasteiger partial charge in [-0.2, -0.15) is 13.2 Å². The van der Waals surface area contributed by atoms with Crippen molar-refractivity contribution in [1.82, 2.24) is 0 Å². The first kappa shape index (κ1) is 11.6. The number of halogens is 3.